The fourth-order valence-corrected chi connectivity index (χ4v) is 4.71. The first-order valence-electron chi connectivity index (χ1n) is 10.2. The van der Waals surface area contributed by atoms with Gasteiger partial charge in [0.05, 0.1) is 17.5 Å². The molecule has 10 heteroatoms. The second-order valence-electron chi connectivity index (χ2n) is 7.43. The summed E-state index contributed by atoms with van der Waals surface area (Å²) in [7, 11) is 3.05. The van der Waals surface area contributed by atoms with E-state index in [1.165, 1.54) is 18.4 Å². The fourth-order valence-electron chi connectivity index (χ4n) is 4.03. The van der Waals surface area contributed by atoms with E-state index >= 15 is 0 Å². The lowest BCUT2D eigenvalue weighted by molar-refractivity contribution is -0.146. The number of methoxy groups -OCH3 is 2. The number of amides is 3. The number of hydrogen-bond donors (Lipinski definition) is 1. The predicted molar refractivity (Wildman–Crippen MR) is 112 cm³/mol. The Balaban J connectivity index is 1.81. The van der Waals surface area contributed by atoms with Gasteiger partial charge in [0.1, 0.15) is 12.6 Å². The second-order valence-corrected chi connectivity index (χ2v) is 8.38. The molecule has 2 aliphatic heterocycles. The van der Waals surface area contributed by atoms with Crippen molar-refractivity contribution in [1.29, 1.82) is 0 Å². The molecule has 0 bridgehead atoms. The van der Waals surface area contributed by atoms with Gasteiger partial charge < -0.3 is 29.5 Å². The third-order valence-electron chi connectivity index (χ3n) is 5.55. The second kappa shape index (κ2) is 10.9. The number of hydrogen-bond acceptors (Lipinski definition) is 7. The topological polar surface area (TPSA) is 91.4 Å². The van der Waals surface area contributed by atoms with Crippen molar-refractivity contribution in [3.63, 3.8) is 0 Å². The fraction of sp³-hybridized carbons (Fsp3) is 0.650. The molecule has 0 radical (unpaired) electrons. The molecule has 3 rings (SSSR count). The van der Waals surface area contributed by atoms with Gasteiger partial charge in [0.15, 0.2) is 0 Å². The summed E-state index contributed by atoms with van der Waals surface area (Å²) < 4.78 is 10.2. The van der Waals surface area contributed by atoms with Crippen LogP contribution in [0.25, 0.3) is 0 Å². The highest BCUT2D eigenvalue weighted by Gasteiger charge is 2.44. The molecule has 1 aromatic heterocycles. The van der Waals surface area contributed by atoms with E-state index < -0.39 is 6.04 Å². The lowest BCUT2D eigenvalue weighted by Gasteiger charge is -2.32. The van der Waals surface area contributed by atoms with Crippen molar-refractivity contribution in [2.24, 2.45) is 0 Å². The number of nitrogens with one attached hydrogen (secondary N) is 1. The summed E-state index contributed by atoms with van der Waals surface area (Å²) in [5.74, 6) is -0.385. The van der Waals surface area contributed by atoms with Gasteiger partial charge in [-0.05, 0) is 17.9 Å². The molecule has 0 aliphatic carbocycles. The molecule has 1 aromatic rings. The highest BCUT2D eigenvalue weighted by atomic mass is 32.1. The summed E-state index contributed by atoms with van der Waals surface area (Å²) in [6.07, 6.45) is 0.416. The summed E-state index contributed by atoms with van der Waals surface area (Å²) in [5.41, 5.74) is 0. The van der Waals surface area contributed by atoms with E-state index in [1.807, 2.05) is 11.4 Å². The minimum atomic E-state index is -0.586. The number of nitrogens with zero attached hydrogens (tertiary/aromatic N) is 3. The Morgan fingerprint density at radius 2 is 2.00 bits per heavy atom. The van der Waals surface area contributed by atoms with Gasteiger partial charge in [-0.25, -0.2) is 0 Å². The van der Waals surface area contributed by atoms with Crippen LogP contribution in [0, 0.1) is 0 Å². The minimum Gasteiger partial charge on any atom is -0.383 e. The van der Waals surface area contributed by atoms with Crippen molar-refractivity contribution in [3.8, 4) is 0 Å². The molecule has 30 heavy (non-hydrogen) atoms. The number of piperazine rings is 1. The molecule has 0 aromatic carbocycles. The maximum absolute atomic E-state index is 13.2. The van der Waals surface area contributed by atoms with Gasteiger partial charge in [0, 0.05) is 53.5 Å². The molecular weight excluding hydrogens is 408 g/mol. The summed E-state index contributed by atoms with van der Waals surface area (Å²) in [6.45, 7) is 3.73. The third-order valence-corrected chi connectivity index (χ3v) is 6.41. The van der Waals surface area contributed by atoms with Gasteiger partial charge in [0.2, 0.25) is 11.8 Å². The van der Waals surface area contributed by atoms with E-state index in [0.29, 0.717) is 44.1 Å². The maximum atomic E-state index is 13.2. The zero-order chi connectivity index (χ0) is 21.5. The molecule has 0 spiro atoms. The molecule has 166 valence electrons. The molecule has 2 fully saturated rings. The van der Waals surface area contributed by atoms with E-state index in [2.05, 4.69) is 5.32 Å². The molecule has 2 unspecified atom stereocenters. The first kappa shape index (κ1) is 22.7. The Morgan fingerprint density at radius 3 is 2.63 bits per heavy atom. The van der Waals surface area contributed by atoms with Crippen LogP contribution in [0.1, 0.15) is 16.1 Å². The number of carbonyl (C=O) groups excluding carboxylic acids is 3. The first-order chi connectivity index (χ1) is 14.6. The molecule has 1 N–H and O–H groups in total. The number of ether oxygens (including phenoxy) is 2. The Labute approximate surface area is 180 Å². The smallest absolute Gasteiger partial charge is 0.264 e. The average Bonchev–Trinajstić information content (AvgIpc) is 3.45. The molecule has 9 nitrogen and oxygen atoms in total. The lowest BCUT2D eigenvalue weighted by Crippen LogP contribution is -2.53. The normalized spacial score (nSPS) is 21.7. The summed E-state index contributed by atoms with van der Waals surface area (Å²) in [4.78, 5) is 44.8. The van der Waals surface area contributed by atoms with Crippen LogP contribution in [0.15, 0.2) is 17.5 Å². The van der Waals surface area contributed by atoms with E-state index in [0.717, 1.165) is 13.1 Å². The minimum absolute atomic E-state index is 0.0567. The number of rotatable bonds is 8. The number of thiophene rings is 1. The van der Waals surface area contributed by atoms with Gasteiger partial charge in [-0.15, -0.1) is 11.3 Å². The summed E-state index contributed by atoms with van der Waals surface area (Å²) in [5, 5.41) is 5.10. The summed E-state index contributed by atoms with van der Waals surface area (Å²) >= 11 is 1.38. The van der Waals surface area contributed by atoms with Crippen molar-refractivity contribution in [2.75, 3.05) is 66.7 Å². The zero-order valence-corrected chi connectivity index (χ0v) is 18.4. The van der Waals surface area contributed by atoms with Crippen LogP contribution >= 0.6 is 11.3 Å². The van der Waals surface area contributed by atoms with Gasteiger partial charge in [0.25, 0.3) is 5.91 Å². The van der Waals surface area contributed by atoms with E-state index in [4.69, 9.17) is 9.47 Å². The van der Waals surface area contributed by atoms with Gasteiger partial charge in [-0.2, -0.15) is 0 Å². The van der Waals surface area contributed by atoms with Crippen LogP contribution in [-0.4, -0.2) is 111 Å². The predicted octanol–water partition coefficient (Wildman–Crippen LogP) is -0.116. The summed E-state index contributed by atoms with van der Waals surface area (Å²) in [6, 6.07) is 2.79. The average molecular weight is 439 g/mol. The molecule has 2 saturated heterocycles. The first-order valence-corrected chi connectivity index (χ1v) is 11.1. The van der Waals surface area contributed by atoms with Crippen LogP contribution in [0.4, 0.5) is 0 Å². The zero-order valence-electron chi connectivity index (χ0n) is 17.5. The molecule has 2 aliphatic rings. The Kier molecular flexibility index (Phi) is 8.20. The largest absolute Gasteiger partial charge is 0.383 e. The van der Waals surface area contributed by atoms with Crippen molar-refractivity contribution < 1.29 is 23.9 Å². The van der Waals surface area contributed by atoms with E-state index in [9.17, 15) is 14.4 Å². The maximum Gasteiger partial charge on any atom is 0.264 e. The van der Waals surface area contributed by atoms with Gasteiger partial charge >= 0.3 is 0 Å². The Bertz CT molecular complexity index is 723. The van der Waals surface area contributed by atoms with Crippen LogP contribution in [0.5, 0.6) is 0 Å². The van der Waals surface area contributed by atoms with E-state index in [1.54, 1.807) is 27.9 Å². The van der Waals surface area contributed by atoms with Crippen molar-refractivity contribution in [3.05, 3.63) is 22.4 Å². The van der Waals surface area contributed by atoms with Gasteiger partial charge in [-0.1, -0.05) is 6.07 Å². The highest BCUT2D eigenvalue weighted by molar-refractivity contribution is 7.12. The van der Waals surface area contributed by atoms with Crippen LogP contribution < -0.4 is 5.32 Å². The number of likely N-dealkylation sites (tertiary alicyclic amines) is 1. The van der Waals surface area contributed by atoms with Crippen molar-refractivity contribution >= 4 is 29.1 Å². The monoisotopic (exact) mass is 438 g/mol. The molecule has 2 atom stereocenters. The van der Waals surface area contributed by atoms with Crippen LogP contribution in [-0.2, 0) is 19.1 Å². The van der Waals surface area contributed by atoms with Crippen molar-refractivity contribution in [2.45, 2.75) is 18.5 Å². The van der Waals surface area contributed by atoms with Gasteiger partial charge in [-0.3, -0.25) is 14.4 Å². The standard InChI is InChI=1S/C20H30N4O5S/c1-28-10-9-23(20(27)17-4-3-11-30-17)15-12-16(24(13-15)18(25)14-29-2)19(26)22-7-5-21-6-8-22/h3-4,11,15-16,21H,5-10,12-14H2,1-2H3. The Morgan fingerprint density at radius 1 is 1.23 bits per heavy atom. The molecular formula is C20H30N4O5S. The van der Waals surface area contributed by atoms with E-state index in [-0.39, 0.29) is 30.4 Å². The molecule has 3 amide bonds. The quantitative estimate of drug-likeness (QED) is 0.609. The lowest BCUT2D eigenvalue weighted by atomic mass is 10.1. The third kappa shape index (κ3) is 5.18. The SMILES string of the molecule is COCCN(C(=O)c1cccs1)C1CC(C(=O)N2CCNCC2)N(C(=O)COC)C1. The van der Waals surface area contributed by atoms with Crippen molar-refractivity contribution in [1.82, 2.24) is 20.0 Å². The van der Waals surface area contributed by atoms with Crippen LogP contribution in [0.2, 0.25) is 0 Å². The molecule has 0 saturated carbocycles. The highest BCUT2D eigenvalue weighted by Crippen LogP contribution is 2.26. The number of carbonyl (C=O) groups is 3. The molecule has 3 heterocycles. The Hall–Kier alpha value is -2.01. The van der Waals surface area contributed by atoms with Crippen LogP contribution in [0.3, 0.4) is 0 Å².